The third kappa shape index (κ3) is 3.14. The van der Waals surface area contributed by atoms with E-state index >= 15 is 0 Å². The molecule has 0 spiro atoms. The van der Waals surface area contributed by atoms with Gasteiger partial charge in [0, 0.05) is 4.47 Å². The summed E-state index contributed by atoms with van der Waals surface area (Å²) in [6.07, 6.45) is 0. The number of halogens is 3. The highest BCUT2D eigenvalue weighted by Crippen LogP contribution is 2.25. The lowest BCUT2D eigenvalue weighted by Gasteiger charge is -2.07. The first-order valence-corrected chi connectivity index (χ1v) is 4.60. The molecule has 0 saturated heterocycles. The highest BCUT2D eigenvalue weighted by atomic mass is 79.9. The van der Waals surface area contributed by atoms with Gasteiger partial charge in [-0.3, -0.25) is 10.2 Å². The number of carbonyl (C=O) groups excluding carboxylic acids is 1. The molecule has 0 aromatic heterocycles. The van der Waals surface area contributed by atoms with Crippen LogP contribution in [0, 0.1) is 11.6 Å². The molecular weight excluding hydrogens is 274 g/mol. The van der Waals surface area contributed by atoms with Gasteiger partial charge in [-0.25, -0.2) is 10.2 Å². The topological polar surface area (TPSA) is 64.3 Å². The molecule has 1 aromatic carbocycles. The maximum absolute atomic E-state index is 13.1. The van der Waals surface area contributed by atoms with Crippen molar-refractivity contribution in [2.45, 2.75) is 0 Å². The summed E-state index contributed by atoms with van der Waals surface area (Å²) in [5, 5.41) is 0. The van der Waals surface area contributed by atoms with Gasteiger partial charge in [0.25, 0.3) is 5.91 Å². The van der Waals surface area contributed by atoms with E-state index in [0.717, 1.165) is 6.07 Å². The molecule has 0 heterocycles. The van der Waals surface area contributed by atoms with Crippen LogP contribution in [0.3, 0.4) is 0 Å². The third-order valence-corrected chi connectivity index (χ3v) is 1.94. The second kappa shape index (κ2) is 5.04. The number of carbonyl (C=O) groups is 1. The number of nitrogens with one attached hydrogen (secondary N) is 1. The largest absolute Gasteiger partial charge is 0.480 e. The highest BCUT2D eigenvalue weighted by molar-refractivity contribution is 9.10. The number of amides is 1. The van der Waals surface area contributed by atoms with Crippen LogP contribution in [0.5, 0.6) is 5.75 Å². The Kier molecular flexibility index (Phi) is 3.98. The molecule has 3 N–H and O–H groups in total. The Morgan fingerprint density at radius 3 is 2.80 bits per heavy atom. The van der Waals surface area contributed by atoms with E-state index in [0.29, 0.717) is 4.47 Å². The summed E-state index contributed by atoms with van der Waals surface area (Å²) < 4.78 is 30.9. The second-order valence-corrected chi connectivity index (χ2v) is 3.47. The van der Waals surface area contributed by atoms with E-state index < -0.39 is 24.1 Å². The summed E-state index contributed by atoms with van der Waals surface area (Å²) in [5.74, 6) is 1.57. The van der Waals surface area contributed by atoms with Crippen molar-refractivity contribution in [1.82, 2.24) is 5.43 Å². The molecule has 0 atom stereocenters. The second-order valence-electron chi connectivity index (χ2n) is 2.56. The molecule has 4 nitrogen and oxygen atoms in total. The maximum atomic E-state index is 13.1. The fourth-order valence-electron chi connectivity index (χ4n) is 0.822. The Morgan fingerprint density at radius 1 is 1.53 bits per heavy atom. The summed E-state index contributed by atoms with van der Waals surface area (Å²) in [7, 11) is 0. The maximum Gasteiger partial charge on any atom is 0.271 e. The molecule has 0 unspecified atom stereocenters. The van der Waals surface area contributed by atoms with E-state index in [1.807, 2.05) is 0 Å². The molecule has 0 aliphatic heterocycles. The first-order valence-electron chi connectivity index (χ1n) is 3.81. The van der Waals surface area contributed by atoms with Crippen LogP contribution in [0.15, 0.2) is 16.6 Å². The monoisotopic (exact) mass is 280 g/mol. The number of nitrogens with two attached hydrogens (primary N) is 1. The highest BCUT2D eigenvalue weighted by Gasteiger charge is 2.12. The van der Waals surface area contributed by atoms with Gasteiger partial charge in [0.05, 0.1) is 0 Å². The minimum absolute atomic E-state index is 0.310. The van der Waals surface area contributed by atoms with Crippen molar-refractivity contribution < 1.29 is 18.3 Å². The predicted molar refractivity (Wildman–Crippen MR) is 51.9 cm³/mol. The standard InChI is InChI=1S/C8H7BrF2N2O2/c9-4-1-5(10)8(11)6(2-4)15-3-7(14)13-12/h1-2H,3,12H2,(H,13,14). The molecule has 0 aliphatic rings. The van der Waals surface area contributed by atoms with Crippen molar-refractivity contribution in [3.8, 4) is 5.75 Å². The molecule has 0 bridgehead atoms. The minimum Gasteiger partial charge on any atom is -0.480 e. The van der Waals surface area contributed by atoms with Crippen molar-refractivity contribution in [2.75, 3.05) is 6.61 Å². The van der Waals surface area contributed by atoms with Gasteiger partial charge in [0.15, 0.2) is 18.2 Å². The Morgan fingerprint density at radius 2 is 2.20 bits per heavy atom. The fourth-order valence-corrected chi connectivity index (χ4v) is 1.23. The van der Waals surface area contributed by atoms with Gasteiger partial charge in [0.2, 0.25) is 5.82 Å². The van der Waals surface area contributed by atoms with Crippen molar-refractivity contribution in [3.63, 3.8) is 0 Å². The van der Waals surface area contributed by atoms with Gasteiger partial charge in [-0.1, -0.05) is 15.9 Å². The summed E-state index contributed by atoms with van der Waals surface area (Å²) in [6.45, 7) is -0.483. The SMILES string of the molecule is NNC(=O)COc1cc(Br)cc(F)c1F. The van der Waals surface area contributed by atoms with Crippen LogP contribution in [-0.2, 0) is 4.79 Å². The Balaban J connectivity index is 2.81. The van der Waals surface area contributed by atoms with Crippen LogP contribution in [0.1, 0.15) is 0 Å². The zero-order valence-electron chi connectivity index (χ0n) is 7.39. The van der Waals surface area contributed by atoms with E-state index in [1.165, 1.54) is 6.07 Å². The molecule has 1 amide bonds. The van der Waals surface area contributed by atoms with Gasteiger partial charge < -0.3 is 4.74 Å². The lowest BCUT2D eigenvalue weighted by molar-refractivity contribution is -0.123. The number of ether oxygens (including phenoxy) is 1. The number of rotatable bonds is 3. The Labute approximate surface area is 92.5 Å². The first-order chi connectivity index (χ1) is 7.04. The van der Waals surface area contributed by atoms with E-state index in [9.17, 15) is 13.6 Å². The Hall–Kier alpha value is -1.21. The molecule has 0 fully saturated rings. The molecule has 0 saturated carbocycles. The lowest BCUT2D eigenvalue weighted by Crippen LogP contribution is -2.34. The number of hydrogen-bond acceptors (Lipinski definition) is 3. The Bertz CT molecular complexity index is 387. The summed E-state index contributed by atoms with van der Waals surface area (Å²) in [6, 6.07) is 2.16. The number of benzene rings is 1. The van der Waals surface area contributed by atoms with Crippen molar-refractivity contribution in [3.05, 3.63) is 28.2 Å². The van der Waals surface area contributed by atoms with Crippen LogP contribution in [-0.4, -0.2) is 12.5 Å². The van der Waals surface area contributed by atoms with Gasteiger partial charge in [-0.2, -0.15) is 4.39 Å². The molecule has 82 valence electrons. The zero-order chi connectivity index (χ0) is 11.4. The lowest BCUT2D eigenvalue weighted by atomic mass is 10.3. The van der Waals surface area contributed by atoms with Crippen LogP contribution < -0.4 is 16.0 Å². The summed E-state index contributed by atoms with van der Waals surface area (Å²) in [5.41, 5.74) is 1.79. The van der Waals surface area contributed by atoms with Gasteiger partial charge in [-0.05, 0) is 12.1 Å². The first kappa shape index (κ1) is 11.9. The quantitative estimate of drug-likeness (QED) is 0.377. The van der Waals surface area contributed by atoms with E-state index in [4.69, 9.17) is 10.6 Å². The summed E-state index contributed by atoms with van der Waals surface area (Å²) in [4.78, 5) is 10.7. The smallest absolute Gasteiger partial charge is 0.271 e. The summed E-state index contributed by atoms with van der Waals surface area (Å²) >= 11 is 2.96. The minimum atomic E-state index is -1.15. The van der Waals surface area contributed by atoms with Gasteiger partial charge in [0.1, 0.15) is 0 Å². The predicted octanol–water partition coefficient (Wildman–Crippen LogP) is 1.10. The van der Waals surface area contributed by atoms with E-state index in [1.54, 1.807) is 5.43 Å². The van der Waals surface area contributed by atoms with E-state index in [2.05, 4.69) is 15.9 Å². The van der Waals surface area contributed by atoms with Crippen LogP contribution in [0.25, 0.3) is 0 Å². The van der Waals surface area contributed by atoms with Crippen molar-refractivity contribution in [2.24, 2.45) is 5.84 Å². The molecular formula is C8H7BrF2N2O2. The average molecular weight is 281 g/mol. The molecule has 0 radical (unpaired) electrons. The van der Waals surface area contributed by atoms with Crippen LogP contribution >= 0.6 is 15.9 Å². The molecule has 7 heteroatoms. The van der Waals surface area contributed by atoms with Gasteiger partial charge >= 0.3 is 0 Å². The average Bonchev–Trinajstić information content (AvgIpc) is 2.20. The van der Waals surface area contributed by atoms with Gasteiger partial charge in [-0.15, -0.1) is 0 Å². The molecule has 1 aromatic rings. The van der Waals surface area contributed by atoms with E-state index in [-0.39, 0.29) is 5.75 Å². The molecule has 15 heavy (non-hydrogen) atoms. The fraction of sp³-hybridized carbons (Fsp3) is 0.125. The number of hydrogen-bond donors (Lipinski definition) is 2. The van der Waals surface area contributed by atoms with Crippen molar-refractivity contribution >= 4 is 21.8 Å². The third-order valence-electron chi connectivity index (χ3n) is 1.48. The molecule has 0 aliphatic carbocycles. The zero-order valence-corrected chi connectivity index (χ0v) is 8.98. The van der Waals surface area contributed by atoms with Crippen molar-refractivity contribution in [1.29, 1.82) is 0 Å². The number of hydrazine groups is 1. The van der Waals surface area contributed by atoms with Crippen LogP contribution in [0.2, 0.25) is 0 Å². The van der Waals surface area contributed by atoms with Crippen LogP contribution in [0.4, 0.5) is 8.78 Å². The molecule has 1 rings (SSSR count). The normalized spacial score (nSPS) is 9.87.